The number of para-hydroxylation sites is 1. The van der Waals surface area contributed by atoms with Gasteiger partial charge in [-0.25, -0.2) is 5.01 Å². The molecule has 0 unspecified atom stereocenters. The summed E-state index contributed by atoms with van der Waals surface area (Å²) in [5.41, 5.74) is 5.98. The largest absolute Gasteiger partial charge is 0.290 e. The van der Waals surface area contributed by atoms with Gasteiger partial charge in [0.15, 0.2) is 4.32 Å². The molecule has 1 aliphatic rings. The Kier molecular flexibility index (Phi) is 5.13. The van der Waals surface area contributed by atoms with Gasteiger partial charge in [-0.1, -0.05) is 66.4 Å². The summed E-state index contributed by atoms with van der Waals surface area (Å²) in [5.74, 6) is -0.130. The first-order valence-electron chi connectivity index (χ1n) is 7.46. The summed E-state index contributed by atoms with van der Waals surface area (Å²) in [7, 11) is 0. The van der Waals surface area contributed by atoms with Crippen LogP contribution in [0.25, 0.3) is 6.08 Å². The van der Waals surface area contributed by atoms with Gasteiger partial charge in [0.05, 0.1) is 10.6 Å². The Bertz CT molecular complexity index is 814. The number of thiocarbonyl (C=S) groups is 1. The van der Waals surface area contributed by atoms with Crippen LogP contribution in [0.4, 0.5) is 5.69 Å². The van der Waals surface area contributed by atoms with Gasteiger partial charge in [0, 0.05) is 0 Å². The number of carbonyl (C=O) groups is 1. The Morgan fingerprint density at radius 2 is 1.71 bits per heavy atom. The van der Waals surface area contributed by atoms with E-state index in [9.17, 15) is 4.79 Å². The topological polar surface area (TPSA) is 32.3 Å². The van der Waals surface area contributed by atoms with Crippen molar-refractivity contribution in [1.82, 2.24) is 5.01 Å². The molecule has 1 N–H and O–H groups in total. The van der Waals surface area contributed by atoms with Crippen molar-refractivity contribution in [3.8, 4) is 0 Å². The highest BCUT2D eigenvalue weighted by Crippen LogP contribution is 2.32. The fourth-order valence-electron chi connectivity index (χ4n) is 2.27. The van der Waals surface area contributed by atoms with Gasteiger partial charge < -0.3 is 0 Å². The number of nitrogens with one attached hydrogen (secondary N) is 1. The lowest BCUT2D eigenvalue weighted by Gasteiger charge is -2.16. The van der Waals surface area contributed by atoms with Crippen LogP contribution in [0.3, 0.4) is 0 Å². The van der Waals surface area contributed by atoms with Crippen molar-refractivity contribution in [3.63, 3.8) is 0 Å². The fourth-order valence-corrected chi connectivity index (χ4v) is 3.50. The third-order valence-corrected chi connectivity index (χ3v) is 4.66. The van der Waals surface area contributed by atoms with Gasteiger partial charge in [-0.2, -0.15) is 0 Å². The Labute approximate surface area is 151 Å². The Balaban J connectivity index is 1.77. The quantitative estimate of drug-likeness (QED) is 0.629. The molecule has 1 amide bonds. The molecular weight excluding hydrogens is 336 g/mol. The molecule has 120 valence electrons. The molecule has 2 aromatic carbocycles. The summed E-state index contributed by atoms with van der Waals surface area (Å²) in [5, 5.41) is 1.41. The van der Waals surface area contributed by atoms with Gasteiger partial charge in [-0.05, 0) is 48.5 Å². The normalized spacial score (nSPS) is 16.8. The number of allylic oxidation sites excluding steroid dienone is 2. The molecule has 1 saturated heterocycles. The number of benzene rings is 2. The molecule has 0 radical (unpaired) electrons. The average molecular weight is 352 g/mol. The molecule has 1 aliphatic heterocycles. The summed E-state index contributed by atoms with van der Waals surface area (Å²) < 4.78 is 0.502. The van der Waals surface area contributed by atoms with Crippen LogP contribution in [0.2, 0.25) is 0 Å². The van der Waals surface area contributed by atoms with E-state index in [4.69, 9.17) is 12.2 Å². The summed E-state index contributed by atoms with van der Waals surface area (Å²) in [6, 6.07) is 19.5. The van der Waals surface area contributed by atoms with Crippen LogP contribution < -0.4 is 5.43 Å². The first kappa shape index (κ1) is 16.5. The zero-order valence-corrected chi connectivity index (χ0v) is 14.7. The van der Waals surface area contributed by atoms with Gasteiger partial charge in [0.2, 0.25) is 0 Å². The molecule has 5 heteroatoms. The summed E-state index contributed by atoms with van der Waals surface area (Å²) in [6.45, 7) is 1.98. The monoisotopic (exact) mass is 352 g/mol. The molecule has 3 nitrogen and oxygen atoms in total. The molecule has 0 bridgehead atoms. The van der Waals surface area contributed by atoms with Crippen molar-refractivity contribution in [2.24, 2.45) is 0 Å². The molecule has 0 spiro atoms. The van der Waals surface area contributed by atoms with Gasteiger partial charge in [-0.3, -0.25) is 10.2 Å². The van der Waals surface area contributed by atoms with Crippen molar-refractivity contribution in [3.05, 3.63) is 82.8 Å². The average Bonchev–Trinajstić information content (AvgIpc) is 2.84. The van der Waals surface area contributed by atoms with Crippen molar-refractivity contribution >= 4 is 46.0 Å². The minimum atomic E-state index is -0.130. The second kappa shape index (κ2) is 7.47. The van der Waals surface area contributed by atoms with E-state index < -0.39 is 0 Å². The summed E-state index contributed by atoms with van der Waals surface area (Å²) in [4.78, 5) is 13.2. The van der Waals surface area contributed by atoms with Gasteiger partial charge >= 0.3 is 0 Å². The lowest BCUT2D eigenvalue weighted by Crippen LogP contribution is -2.33. The van der Waals surface area contributed by atoms with Crippen molar-refractivity contribution in [2.45, 2.75) is 6.92 Å². The molecule has 0 atom stereocenters. The Morgan fingerprint density at radius 3 is 2.38 bits per heavy atom. The summed E-state index contributed by atoms with van der Waals surface area (Å²) in [6.07, 6.45) is 3.91. The van der Waals surface area contributed by atoms with Crippen molar-refractivity contribution < 1.29 is 4.79 Å². The highest BCUT2D eigenvalue weighted by atomic mass is 32.2. The van der Waals surface area contributed by atoms with Crippen LogP contribution in [0.5, 0.6) is 0 Å². The molecular formula is C19H16N2OS2. The van der Waals surface area contributed by atoms with E-state index in [2.05, 4.69) is 5.43 Å². The predicted molar refractivity (Wildman–Crippen MR) is 105 cm³/mol. The van der Waals surface area contributed by atoms with E-state index in [-0.39, 0.29) is 5.91 Å². The Hall–Kier alpha value is -2.37. The molecule has 3 rings (SSSR count). The number of hydrazine groups is 1. The van der Waals surface area contributed by atoms with Crippen LogP contribution in [0, 0.1) is 0 Å². The number of hydrogen-bond donors (Lipinski definition) is 1. The fraction of sp³-hybridized carbons (Fsp3) is 0.0526. The molecule has 0 aliphatic carbocycles. The van der Waals surface area contributed by atoms with E-state index >= 15 is 0 Å². The van der Waals surface area contributed by atoms with E-state index in [1.165, 1.54) is 16.8 Å². The number of carbonyl (C=O) groups excluding carboxylic acids is 1. The third kappa shape index (κ3) is 3.93. The lowest BCUT2D eigenvalue weighted by molar-refractivity contribution is -0.121. The second-order valence-corrected chi connectivity index (χ2v) is 6.97. The zero-order chi connectivity index (χ0) is 16.9. The first-order chi connectivity index (χ1) is 11.6. The molecule has 1 fully saturated rings. The number of nitrogens with zero attached hydrogens (tertiary/aromatic N) is 1. The smallest absolute Gasteiger partial charge is 0.285 e. The van der Waals surface area contributed by atoms with Crippen LogP contribution in [0.15, 0.2) is 77.2 Å². The first-order valence-corrected chi connectivity index (χ1v) is 8.69. The maximum absolute atomic E-state index is 12.6. The van der Waals surface area contributed by atoms with Crippen LogP contribution >= 0.6 is 24.0 Å². The Morgan fingerprint density at radius 1 is 1.08 bits per heavy atom. The summed E-state index contributed by atoms with van der Waals surface area (Å²) >= 11 is 6.63. The zero-order valence-electron chi connectivity index (χ0n) is 13.1. The van der Waals surface area contributed by atoms with E-state index in [1.807, 2.05) is 79.7 Å². The van der Waals surface area contributed by atoms with E-state index in [0.29, 0.717) is 9.23 Å². The number of amides is 1. The van der Waals surface area contributed by atoms with Crippen molar-refractivity contribution in [2.75, 3.05) is 5.43 Å². The van der Waals surface area contributed by atoms with E-state index in [1.54, 1.807) is 0 Å². The number of hydrogen-bond acceptors (Lipinski definition) is 4. The lowest BCUT2D eigenvalue weighted by atomic mass is 10.1. The van der Waals surface area contributed by atoms with Crippen LogP contribution in [-0.4, -0.2) is 15.2 Å². The SMILES string of the molecule is CC(/C=C1\SC(=S)N(Nc2ccccc2)C1=O)=C\c1ccccc1. The standard InChI is InChI=1S/C19H16N2OS2/c1-14(12-15-8-4-2-5-9-15)13-17-18(22)21(19(23)24-17)20-16-10-6-3-7-11-16/h2-13,20H,1H3/b14-12+,17-13-. The van der Waals surface area contributed by atoms with Gasteiger partial charge in [0.1, 0.15) is 0 Å². The molecule has 24 heavy (non-hydrogen) atoms. The number of rotatable bonds is 4. The van der Waals surface area contributed by atoms with Gasteiger partial charge in [0.25, 0.3) is 5.91 Å². The molecule has 2 aromatic rings. The highest BCUT2D eigenvalue weighted by molar-refractivity contribution is 8.26. The number of anilines is 1. The maximum atomic E-state index is 12.6. The van der Waals surface area contributed by atoms with E-state index in [0.717, 1.165) is 16.8 Å². The van der Waals surface area contributed by atoms with Crippen LogP contribution in [-0.2, 0) is 4.79 Å². The van der Waals surface area contributed by atoms with Crippen molar-refractivity contribution in [1.29, 1.82) is 0 Å². The molecule has 0 saturated carbocycles. The molecule has 1 heterocycles. The predicted octanol–water partition coefficient (Wildman–Crippen LogP) is 4.86. The van der Waals surface area contributed by atoms with Gasteiger partial charge in [-0.15, -0.1) is 0 Å². The highest BCUT2D eigenvalue weighted by Gasteiger charge is 2.32. The van der Waals surface area contributed by atoms with Crippen LogP contribution in [0.1, 0.15) is 12.5 Å². The minimum absolute atomic E-state index is 0.130. The second-order valence-electron chi connectivity index (χ2n) is 5.29. The number of thioether (sulfide) groups is 1. The molecule has 0 aromatic heterocycles. The minimum Gasteiger partial charge on any atom is -0.290 e. The third-order valence-electron chi connectivity index (χ3n) is 3.36. The maximum Gasteiger partial charge on any atom is 0.285 e.